The summed E-state index contributed by atoms with van der Waals surface area (Å²) in [6.07, 6.45) is 0.764. The third kappa shape index (κ3) is 4.96. The van der Waals surface area contributed by atoms with Gasteiger partial charge in [-0.2, -0.15) is 0 Å². The molecule has 9 nitrogen and oxygen atoms in total. The van der Waals surface area contributed by atoms with Crippen molar-refractivity contribution in [3.8, 4) is 5.75 Å². The van der Waals surface area contributed by atoms with E-state index in [-0.39, 0.29) is 24.3 Å². The number of benzene rings is 2. The first-order valence-corrected chi connectivity index (χ1v) is 12.2. The average molecular weight is 460 g/mol. The Morgan fingerprint density at radius 3 is 2.69 bits per heavy atom. The first-order chi connectivity index (χ1) is 15.2. The van der Waals surface area contributed by atoms with E-state index in [2.05, 4.69) is 10.0 Å². The van der Waals surface area contributed by atoms with Gasteiger partial charge in [0, 0.05) is 36.8 Å². The number of anilines is 1. The van der Waals surface area contributed by atoms with Crippen molar-refractivity contribution in [2.24, 2.45) is 5.92 Å². The number of sulfonamides is 1. The van der Waals surface area contributed by atoms with Gasteiger partial charge in [-0.3, -0.25) is 9.52 Å². The summed E-state index contributed by atoms with van der Waals surface area (Å²) in [5, 5.41) is 12.2. The van der Waals surface area contributed by atoms with Crippen LogP contribution in [0.1, 0.15) is 33.8 Å². The number of amides is 2. The predicted molar refractivity (Wildman–Crippen MR) is 118 cm³/mol. The Balaban J connectivity index is 1.50. The molecule has 4 rings (SSSR count). The Bertz CT molecular complexity index is 1130. The number of hydrogen-bond acceptors (Lipinski definition) is 5. The quantitative estimate of drug-likeness (QED) is 0.609. The number of likely N-dealkylation sites (tertiary alicyclic amines) is 1. The summed E-state index contributed by atoms with van der Waals surface area (Å²) in [6, 6.07) is 12.5. The van der Waals surface area contributed by atoms with E-state index < -0.39 is 16.1 Å². The smallest absolute Gasteiger partial charge is 0.407 e. The first kappa shape index (κ1) is 21.9. The zero-order valence-electron chi connectivity index (χ0n) is 17.6. The molecule has 1 fully saturated rings. The lowest BCUT2D eigenvalue weighted by molar-refractivity contribution is 0.0930. The number of carbonyl (C=O) groups is 2. The molecule has 0 radical (unpaired) electrons. The van der Waals surface area contributed by atoms with Gasteiger partial charge in [0.2, 0.25) is 10.0 Å². The van der Waals surface area contributed by atoms with Gasteiger partial charge in [-0.15, -0.1) is 0 Å². The third-order valence-electron chi connectivity index (χ3n) is 5.88. The van der Waals surface area contributed by atoms with Crippen LogP contribution in [0.25, 0.3) is 0 Å². The van der Waals surface area contributed by atoms with Gasteiger partial charge >= 0.3 is 6.09 Å². The Morgan fingerprint density at radius 2 is 2.00 bits per heavy atom. The van der Waals surface area contributed by atoms with E-state index in [9.17, 15) is 23.1 Å². The molecule has 0 aliphatic carbocycles. The Hall–Kier alpha value is -3.27. The molecule has 2 aromatic rings. The SMILES string of the molecule is CS(=O)(=O)Nc1ccc(C2CCN(C(=O)O)CC2COc2ccc3c(c2)C(=O)NC3)cc1. The lowest BCUT2D eigenvalue weighted by atomic mass is 9.81. The number of carboxylic acid groups (broad SMARTS) is 1. The van der Waals surface area contributed by atoms with E-state index >= 15 is 0 Å². The first-order valence-electron chi connectivity index (χ1n) is 10.3. The topological polar surface area (TPSA) is 125 Å². The number of ether oxygens (including phenoxy) is 1. The van der Waals surface area contributed by atoms with Crippen molar-refractivity contribution < 1.29 is 27.9 Å². The number of hydrogen-bond donors (Lipinski definition) is 3. The number of carbonyl (C=O) groups excluding carboxylic acids is 1. The molecule has 2 aliphatic heterocycles. The molecule has 0 aromatic heterocycles. The fourth-order valence-electron chi connectivity index (χ4n) is 4.31. The second kappa shape index (κ2) is 8.70. The van der Waals surface area contributed by atoms with Crippen molar-refractivity contribution in [2.45, 2.75) is 18.9 Å². The molecule has 2 aromatic carbocycles. The summed E-state index contributed by atoms with van der Waals surface area (Å²) in [5.74, 6) is 0.395. The molecule has 32 heavy (non-hydrogen) atoms. The zero-order chi connectivity index (χ0) is 22.9. The monoisotopic (exact) mass is 459 g/mol. The number of fused-ring (bicyclic) bond motifs is 1. The fraction of sp³-hybridized carbons (Fsp3) is 0.364. The second-order valence-corrected chi connectivity index (χ2v) is 9.94. The van der Waals surface area contributed by atoms with E-state index in [1.807, 2.05) is 24.3 Å². The van der Waals surface area contributed by atoms with Crippen molar-refractivity contribution in [1.29, 1.82) is 0 Å². The summed E-state index contributed by atoms with van der Waals surface area (Å²) in [4.78, 5) is 24.8. The highest BCUT2D eigenvalue weighted by Crippen LogP contribution is 2.34. The van der Waals surface area contributed by atoms with Gasteiger partial charge in [0.25, 0.3) is 5.91 Å². The van der Waals surface area contributed by atoms with Crippen LogP contribution in [-0.2, 0) is 16.6 Å². The van der Waals surface area contributed by atoms with Crippen LogP contribution in [0.15, 0.2) is 42.5 Å². The minimum atomic E-state index is -3.36. The molecule has 2 atom stereocenters. The van der Waals surface area contributed by atoms with Gasteiger partial charge in [-0.1, -0.05) is 18.2 Å². The predicted octanol–water partition coefficient (Wildman–Crippen LogP) is 2.46. The molecular weight excluding hydrogens is 434 g/mol. The lowest BCUT2D eigenvalue weighted by Gasteiger charge is -2.37. The molecule has 0 bridgehead atoms. The van der Waals surface area contributed by atoms with Crippen LogP contribution in [0.3, 0.4) is 0 Å². The number of nitrogens with zero attached hydrogens (tertiary/aromatic N) is 1. The number of nitrogens with one attached hydrogen (secondary N) is 2. The molecule has 10 heteroatoms. The molecular formula is C22H25N3O6S. The molecule has 2 aliphatic rings. The van der Waals surface area contributed by atoms with Gasteiger partial charge in [-0.05, 0) is 47.7 Å². The van der Waals surface area contributed by atoms with Crippen LogP contribution < -0.4 is 14.8 Å². The lowest BCUT2D eigenvalue weighted by Crippen LogP contribution is -2.44. The largest absolute Gasteiger partial charge is 0.493 e. The summed E-state index contributed by atoms with van der Waals surface area (Å²) >= 11 is 0. The molecule has 2 heterocycles. The third-order valence-corrected chi connectivity index (χ3v) is 6.48. The molecule has 2 unspecified atom stereocenters. The highest BCUT2D eigenvalue weighted by molar-refractivity contribution is 7.92. The van der Waals surface area contributed by atoms with Crippen LogP contribution in [0.2, 0.25) is 0 Å². The van der Waals surface area contributed by atoms with Gasteiger partial charge in [0.1, 0.15) is 5.75 Å². The van der Waals surface area contributed by atoms with E-state index in [0.717, 1.165) is 17.4 Å². The van der Waals surface area contributed by atoms with Crippen LogP contribution >= 0.6 is 0 Å². The molecule has 0 spiro atoms. The summed E-state index contributed by atoms with van der Waals surface area (Å²) in [7, 11) is -3.36. The van der Waals surface area contributed by atoms with Crippen molar-refractivity contribution in [1.82, 2.24) is 10.2 Å². The zero-order valence-corrected chi connectivity index (χ0v) is 18.4. The average Bonchev–Trinajstić information content (AvgIpc) is 3.12. The van der Waals surface area contributed by atoms with E-state index in [4.69, 9.17) is 4.74 Å². The highest BCUT2D eigenvalue weighted by atomic mass is 32.2. The maximum absolute atomic E-state index is 11.9. The number of piperidine rings is 1. The van der Waals surface area contributed by atoms with Crippen molar-refractivity contribution in [2.75, 3.05) is 30.7 Å². The van der Waals surface area contributed by atoms with Gasteiger partial charge in [0.05, 0.1) is 12.9 Å². The fourth-order valence-corrected chi connectivity index (χ4v) is 4.88. The van der Waals surface area contributed by atoms with Crippen LogP contribution in [0.4, 0.5) is 10.5 Å². The van der Waals surface area contributed by atoms with Crippen LogP contribution in [0, 0.1) is 5.92 Å². The summed E-state index contributed by atoms with van der Waals surface area (Å²) in [6.45, 7) is 1.54. The van der Waals surface area contributed by atoms with Crippen LogP contribution in [0.5, 0.6) is 5.75 Å². The minimum absolute atomic E-state index is 0.0515. The van der Waals surface area contributed by atoms with E-state index in [0.29, 0.717) is 43.1 Å². The minimum Gasteiger partial charge on any atom is -0.493 e. The van der Waals surface area contributed by atoms with E-state index in [1.165, 1.54) is 4.90 Å². The van der Waals surface area contributed by atoms with Crippen molar-refractivity contribution in [3.05, 3.63) is 59.2 Å². The highest BCUT2D eigenvalue weighted by Gasteiger charge is 2.33. The maximum Gasteiger partial charge on any atom is 0.407 e. The molecule has 0 saturated carbocycles. The van der Waals surface area contributed by atoms with E-state index in [1.54, 1.807) is 18.2 Å². The Morgan fingerprint density at radius 1 is 1.25 bits per heavy atom. The van der Waals surface area contributed by atoms with Crippen molar-refractivity contribution in [3.63, 3.8) is 0 Å². The van der Waals surface area contributed by atoms with Gasteiger partial charge in [-0.25, -0.2) is 13.2 Å². The van der Waals surface area contributed by atoms with Gasteiger partial charge < -0.3 is 20.1 Å². The maximum atomic E-state index is 11.9. The summed E-state index contributed by atoms with van der Waals surface area (Å²) in [5.41, 5.74) is 3.00. The molecule has 3 N–H and O–H groups in total. The standard InChI is InChI=1S/C22H25N3O6S/c1-32(29,30)24-17-5-2-14(3-6-17)19-8-9-25(22(27)28)12-16(19)13-31-18-7-4-15-11-23-21(26)20(15)10-18/h2-7,10,16,19,24H,8-9,11-13H2,1H3,(H,23,26)(H,27,28). The number of rotatable bonds is 6. The normalized spacial score (nSPS) is 20.4. The molecule has 170 valence electrons. The second-order valence-electron chi connectivity index (χ2n) is 8.19. The molecule has 2 amide bonds. The Labute approximate surface area is 186 Å². The Kier molecular flexibility index (Phi) is 5.96. The van der Waals surface area contributed by atoms with Gasteiger partial charge in [0.15, 0.2) is 0 Å². The van der Waals surface area contributed by atoms with Crippen molar-refractivity contribution >= 4 is 27.7 Å². The molecule has 1 saturated heterocycles. The van der Waals surface area contributed by atoms with Crippen LogP contribution in [-0.4, -0.2) is 56.4 Å². The summed E-state index contributed by atoms with van der Waals surface area (Å²) < 4.78 is 31.3.